The summed E-state index contributed by atoms with van der Waals surface area (Å²) in [6.45, 7) is 0. The molecule has 0 unspecified atom stereocenters. The number of benzene rings is 1. The largest absolute Gasteiger partial charge is 0.573 e. The van der Waals surface area contributed by atoms with Gasteiger partial charge in [0.1, 0.15) is 5.75 Å². The maximum Gasteiger partial charge on any atom is 0.573 e. The van der Waals surface area contributed by atoms with Gasteiger partial charge in [-0.2, -0.15) is 0 Å². The summed E-state index contributed by atoms with van der Waals surface area (Å²) in [5.74, 6) is -0.254. The van der Waals surface area contributed by atoms with Crippen LogP contribution in [0.2, 0.25) is 0 Å². The fourth-order valence-corrected chi connectivity index (χ4v) is 3.01. The van der Waals surface area contributed by atoms with Gasteiger partial charge >= 0.3 is 6.36 Å². The van der Waals surface area contributed by atoms with Gasteiger partial charge in [-0.1, -0.05) is 12.1 Å². The number of hydrogen-bond acceptors (Lipinski definition) is 3. The summed E-state index contributed by atoms with van der Waals surface area (Å²) < 4.78 is 40.8. The minimum atomic E-state index is -4.68. The standard InChI is InChI=1S/C12H9BrF3NOS.ClH/c13-8-5-10(19-6-8)11(17)7-1-3-9(4-2-7)18-12(14,15)16;/h1-6,11H,17H2;1H/t11-;/m1./s1. The molecular formula is C12H10BrClF3NOS. The van der Waals surface area contributed by atoms with E-state index in [2.05, 4.69) is 20.7 Å². The third-order valence-electron chi connectivity index (χ3n) is 2.37. The van der Waals surface area contributed by atoms with Crippen LogP contribution in [0.15, 0.2) is 40.2 Å². The SMILES string of the molecule is Cl.N[C@H](c1ccc(OC(F)(F)F)cc1)c1cc(Br)cs1. The Hall–Kier alpha value is -0.760. The molecule has 0 aliphatic heterocycles. The lowest BCUT2D eigenvalue weighted by molar-refractivity contribution is -0.274. The molecule has 110 valence electrons. The van der Waals surface area contributed by atoms with Crippen LogP contribution in [0.5, 0.6) is 5.75 Å². The Balaban J connectivity index is 0.00000200. The first-order valence-corrected chi connectivity index (χ1v) is 6.87. The molecular weight excluding hydrogens is 379 g/mol. The Labute approximate surface area is 132 Å². The fourth-order valence-electron chi connectivity index (χ4n) is 1.53. The summed E-state index contributed by atoms with van der Waals surface area (Å²) in [4.78, 5) is 0.927. The number of alkyl halides is 3. The summed E-state index contributed by atoms with van der Waals surface area (Å²) in [5.41, 5.74) is 6.76. The molecule has 0 spiro atoms. The minimum Gasteiger partial charge on any atom is -0.406 e. The van der Waals surface area contributed by atoms with Gasteiger partial charge in [0.05, 0.1) is 6.04 Å². The van der Waals surface area contributed by atoms with Crippen molar-refractivity contribution in [2.45, 2.75) is 12.4 Å². The monoisotopic (exact) mass is 387 g/mol. The highest BCUT2D eigenvalue weighted by molar-refractivity contribution is 9.10. The highest BCUT2D eigenvalue weighted by atomic mass is 79.9. The predicted molar refractivity (Wildman–Crippen MR) is 78.4 cm³/mol. The first-order valence-electron chi connectivity index (χ1n) is 5.20. The number of rotatable bonds is 3. The van der Waals surface area contributed by atoms with E-state index in [4.69, 9.17) is 5.73 Å². The molecule has 1 heterocycles. The smallest absolute Gasteiger partial charge is 0.406 e. The van der Waals surface area contributed by atoms with Crippen molar-refractivity contribution < 1.29 is 17.9 Å². The minimum absolute atomic E-state index is 0. The zero-order chi connectivity index (χ0) is 14.0. The van der Waals surface area contributed by atoms with Crippen LogP contribution in [0.25, 0.3) is 0 Å². The summed E-state index contributed by atoms with van der Waals surface area (Å²) in [6.07, 6.45) is -4.68. The molecule has 0 aliphatic carbocycles. The lowest BCUT2D eigenvalue weighted by atomic mass is 10.1. The highest BCUT2D eigenvalue weighted by Gasteiger charge is 2.31. The van der Waals surface area contributed by atoms with Crippen LogP contribution in [0.1, 0.15) is 16.5 Å². The second kappa shape index (κ2) is 6.80. The Morgan fingerprint density at radius 3 is 2.25 bits per heavy atom. The van der Waals surface area contributed by atoms with E-state index >= 15 is 0 Å². The molecule has 8 heteroatoms. The lowest BCUT2D eigenvalue weighted by Gasteiger charge is -2.12. The molecule has 20 heavy (non-hydrogen) atoms. The second-order valence-corrected chi connectivity index (χ2v) is 5.62. The molecule has 2 N–H and O–H groups in total. The van der Waals surface area contributed by atoms with Crippen molar-refractivity contribution in [3.8, 4) is 5.75 Å². The molecule has 1 aromatic heterocycles. The predicted octanol–water partition coefficient (Wildman–Crippen LogP) is 4.88. The maximum atomic E-state index is 12.0. The van der Waals surface area contributed by atoms with Gasteiger partial charge < -0.3 is 10.5 Å². The summed E-state index contributed by atoms with van der Waals surface area (Å²) in [5, 5.41) is 1.90. The summed E-state index contributed by atoms with van der Waals surface area (Å²) in [6, 6.07) is 7.08. The van der Waals surface area contributed by atoms with Gasteiger partial charge in [0, 0.05) is 14.7 Å². The van der Waals surface area contributed by atoms with Crippen LogP contribution in [0.4, 0.5) is 13.2 Å². The van der Waals surface area contributed by atoms with Crippen molar-refractivity contribution in [2.75, 3.05) is 0 Å². The Morgan fingerprint density at radius 1 is 1.20 bits per heavy atom. The molecule has 2 rings (SSSR count). The third kappa shape index (κ3) is 4.66. The molecule has 0 aliphatic rings. The highest BCUT2D eigenvalue weighted by Crippen LogP contribution is 2.30. The van der Waals surface area contributed by atoms with Crippen LogP contribution in [0, 0.1) is 0 Å². The Bertz CT molecular complexity index is 559. The summed E-state index contributed by atoms with van der Waals surface area (Å²) >= 11 is 4.81. The van der Waals surface area contributed by atoms with Crippen molar-refractivity contribution in [3.63, 3.8) is 0 Å². The van der Waals surface area contributed by atoms with E-state index in [-0.39, 0.29) is 24.2 Å². The van der Waals surface area contributed by atoms with Gasteiger partial charge in [0.25, 0.3) is 0 Å². The molecule has 0 bridgehead atoms. The molecule has 2 aromatic rings. The van der Waals surface area contributed by atoms with Crippen molar-refractivity contribution in [1.82, 2.24) is 0 Å². The molecule has 1 atom stereocenters. The van der Waals surface area contributed by atoms with E-state index in [1.165, 1.54) is 35.6 Å². The molecule has 0 saturated carbocycles. The average Bonchev–Trinajstić information content (AvgIpc) is 2.74. The molecule has 0 radical (unpaired) electrons. The van der Waals surface area contributed by atoms with Crippen molar-refractivity contribution >= 4 is 39.7 Å². The molecule has 0 fully saturated rings. The van der Waals surface area contributed by atoms with Gasteiger partial charge in [-0.15, -0.1) is 36.9 Å². The Kier molecular flexibility index (Phi) is 5.88. The van der Waals surface area contributed by atoms with Crippen LogP contribution in [-0.2, 0) is 0 Å². The molecule has 2 nitrogen and oxygen atoms in total. The number of nitrogens with two attached hydrogens (primary N) is 1. The van der Waals surface area contributed by atoms with Gasteiger partial charge in [-0.25, -0.2) is 0 Å². The summed E-state index contributed by atoms with van der Waals surface area (Å²) in [7, 11) is 0. The number of ether oxygens (including phenoxy) is 1. The van der Waals surface area contributed by atoms with E-state index in [0.717, 1.165) is 14.9 Å². The zero-order valence-electron chi connectivity index (χ0n) is 9.86. The van der Waals surface area contributed by atoms with Crippen molar-refractivity contribution in [3.05, 3.63) is 50.6 Å². The second-order valence-electron chi connectivity index (χ2n) is 3.76. The topological polar surface area (TPSA) is 35.2 Å². The molecule has 0 amide bonds. The fraction of sp³-hybridized carbons (Fsp3) is 0.167. The van der Waals surface area contributed by atoms with Crippen LogP contribution in [-0.4, -0.2) is 6.36 Å². The van der Waals surface area contributed by atoms with E-state index in [1.807, 2.05) is 11.4 Å². The van der Waals surface area contributed by atoms with Gasteiger partial charge in [-0.05, 0) is 39.7 Å². The first kappa shape index (κ1) is 17.3. The number of hydrogen-bond donors (Lipinski definition) is 1. The van der Waals surface area contributed by atoms with Crippen molar-refractivity contribution in [2.24, 2.45) is 5.73 Å². The number of thiophene rings is 1. The van der Waals surface area contributed by atoms with E-state index in [1.54, 1.807) is 0 Å². The van der Waals surface area contributed by atoms with E-state index < -0.39 is 6.36 Å². The van der Waals surface area contributed by atoms with Crippen LogP contribution < -0.4 is 10.5 Å². The average molecular weight is 389 g/mol. The zero-order valence-corrected chi connectivity index (χ0v) is 13.1. The number of halogens is 5. The van der Waals surface area contributed by atoms with Crippen LogP contribution in [0.3, 0.4) is 0 Å². The van der Waals surface area contributed by atoms with Gasteiger partial charge in [-0.3, -0.25) is 0 Å². The first-order chi connectivity index (χ1) is 8.85. The molecule has 1 aromatic carbocycles. The van der Waals surface area contributed by atoms with Gasteiger partial charge in [0.2, 0.25) is 0 Å². The van der Waals surface area contributed by atoms with Crippen LogP contribution >= 0.6 is 39.7 Å². The normalized spacial score (nSPS) is 12.7. The van der Waals surface area contributed by atoms with E-state index in [9.17, 15) is 13.2 Å². The van der Waals surface area contributed by atoms with Crippen molar-refractivity contribution in [1.29, 1.82) is 0 Å². The lowest BCUT2D eigenvalue weighted by Crippen LogP contribution is -2.17. The quantitative estimate of drug-likeness (QED) is 0.813. The van der Waals surface area contributed by atoms with Gasteiger partial charge in [0.15, 0.2) is 0 Å². The van der Waals surface area contributed by atoms with E-state index in [0.29, 0.717) is 0 Å². The Morgan fingerprint density at radius 2 is 1.80 bits per heavy atom. The third-order valence-corrected chi connectivity index (χ3v) is 4.14. The molecule has 0 saturated heterocycles. The maximum absolute atomic E-state index is 12.0.